The van der Waals surface area contributed by atoms with Gasteiger partial charge in [0.05, 0.1) is 12.8 Å². The zero-order valence-electron chi connectivity index (χ0n) is 13.8. The number of ether oxygens (including phenoxy) is 1. The second kappa shape index (κ2) is 6.76. The van der Waals surface area contributed by atoms with Crippen LogP contribution in [0.25, 0.3) is 0 Å². The molecule has 0 aromatic heterocycles. The number of methoxy groups -OCH3 is 1. The van der Waals surface area contributed by atoms with E-state index in [0.29, 0.717) is 28.6 Å². The summed E-state index contributed by atoms with van der Waals surface area (Å²) < 4.78 is 5.21. The van der Waals surface area contributed by atoms with Crippen molar-refractivity contribution in [3.63, 3.8) is 0 Å². The molecular weight excluding hydrogens is 366 g/mol. The molecule has 4 amide bonds. The van der Waals surface area contributed by atoms with Gasteiger partial charge in [-0.15, -0.1) is 0 Å². The molecule has 0 bridgehead atoms. The van der Waals surface area contributed by atoms with Gasteiger partial charge in [-0.2, -0.15) is 11.8 Å². The number of aryl methyl sites for hydroxylation is 1. The van der Waals surface area contributed by atoms with Crippen LogP contribution in [0.5, 0.6) is 5.75 Å². The number of nitrogens with one attached hydrogen (secondary N) is 2. The van der Waals surface area contributed by atoms with Gasteiger partial charge < -0.3 is 15.4 Å². The molecule has 1 aromatic carbocycles. The van der Waals surface area contributed by atoms with Gasteiger partial charge in [0, 0.05) is 16.8 Å². The van der Waals surface area contributed by atoms with Gasteiger partial charge in [0.2, 0.25) is 5.91 Å². The number of rotatable bonds is 4. The number of amides is 4. The number of carbonyl (C=O) groups excluding carboxylic acids is 3. The molecule has 1 aromatic rings. The van der Waals surface area contributed by atoms with Gasteiger partial charge in [-0.3, -0.25) is 14.5 Å². The molecule has 1 spiro atoms. The Hall–Kier alpha value is -1.93. The molecule has 0 unspecified atom stereocenters. The molecule has 3 rings (SSSR count). The summed E-state index contributed by atoms with van der Waals surface area (Å²) in [5.41, 5.74) is 0.360. The molecule has 7 nitrogen and oxygen atoms in total. The van der Waals surface area contributed by atoms with E-state index < -0.39 is 17.5 Å². The van der Waals surface area contributed by atoms with E-state index in [-0.39, 0.29) is 12.5 Å². The molecule has 2 saturated heterocycles. The average molecular weight is 384 g/mol. The lowest BCUT2D eigenvalue weighted by atomic mass is 9.99. The Morgan fingerprint density at radius 2 is 2.24 bits per heavy atom. The molecule has 1 atom stereocenters. The van der Waals surface area contributed by atoms with Crippen molar-refractivity contribution in [3.05, 3.63) is 22.7 Å². The topological polar surface area (TPSA) is 87.7 Å². The minimum absolute atomic E-state index is 0.336. The summed E-state index contributed by atoms with van der Waals surface area (Å²) in [5, 5.41) is 5.92. The van der Waals surface area contributed by atoms with Crippen molar-refractivity contribution in [1.82, 2.24) is 10.2 Å². The van der Waals surface area contributed by atoms with Gasteiger partial charge >= 0.3 is 6.03 Å². The third kappa shape index (κ3) is 3.28. The lowest BCUT2D eigenvalue weighted by Crippen LogP contribution is -2.47. The monoisotopic (exact) mass is 383 g/mol. The quantitative estimate of drug-likeness (QED) is 0.777. The predicted molar refractivity (Wildman–Crippen MR) is 96.3 cm³/mol. The van der Waals surface area contributed by atoms with E-state index in [1.54, 1.807) is 30.8 Å². The van der Waals surface area contributed by atoms with Gasteiger partial charge in [-0.25, -0.2) is 4.79 Å². The lowest BCUT2D eigenvalue weighted by Gasteiger charge is -2.19. The zero-order chi connectivity index (χ0) is 18.2. The van der Waals surface area contributed by atoms with Crippen molar-refractivity contribution in [2.24, 2.45) is 0 Å². The Bertz CT molecular complexity index is 749. The van der Waals surface area contributed by atoms with Crippen molar-refractivity contribution < 1.29 is 19.1 Å². The van der Waals surface area contributed by atoms with Gasteiger partial charge in [0.1, 0.15) is 17.8 Å². The SMILES string of the molecule is COc1cc(Cl)c(C)cc1NC(=O)CN1C(=O)N[C@@]2(CCSC2)C1=O. The van der Waals surface area contributed by atoms with E-state index in [1.165, 1.54) is 7.11 Å². The van der Waals surface area contributed by atoms with E-state index in [9.17, 15) is 14.4 Å². The average Bonchev–Trinajstić information content (AvgIpc) is 3.12. The maximum Gasteiger partial charge on any atom is 0.325 e. The second-order valence-electron chi connectivity index (χ2n) is 6.06. The van der Waals surface area contributed by atoms with E-state index >= 15 is 0 Å². The van der Waals surface area contributed by atoms with Crippen LogP contribution >= 0.6 is 23.4 Å². The van der Waals surface area contributed by atoms with Gasteiger partial charge in [0.15, 0.2) is 0 Å². The molecule has 2 heterocycles. The molecule has 9 heteroatoms. The minimum Gasteiger partial charge on any atom is -0.495 e. The molecule has 2 fully saturated rings. The van der Waals surface area contributed by atoms with Crippen molar-refractivity contribution >= 4 is 46.9 Å². The highest BCUT2D eigenvalue weighted by molar-refractivity contribution is 7.99. The smallest absolute Gasteiger partial charge is 0.325 e. The fraction of sp³-hybridized carbons (Fsp3) is 0.438. The van der Waals surface area contributed by atoms with Gasteiger partial charge in [-0.05, 0) is 30.7 Å². The van der Waals surface area contributed by atoms with E-state index in [0.717, 1.165) is 16.2 Å². The highest BCUT2D eigenvalue weighted by Crippen LogP contribution is 2.34. The van der Waals surface area contributed by atoms with Crippen LogP contribution in [0.4, 0.5) is 10.5 Å². The number of carbonyl (C=O) groups is 3. The normalized spacial score (nSPS) is 22.4. The summed E-state index contributed by atoms with van der Waals surface area (Å²) in [7, 11) is 1.47. The highest BCUT2D eigenvalue weighted by Gasteiger charge is 2.53. The molecule has 134 valence electrons. The number of hydrogen-bond acceptors (Lipinski definition) is 5. The Kier molecular flexibility index (Phi) is 4.83. The number of halogens is 1. The first-order valence-corrected chi connectivity index (χ1v) is 9.25. The summed E-state index contributed by atoms with van der Waals surface area (Å²) in [4.78, 5) is 38.0. The van der Waals surface area contributed by atoms with Crippen LogP contribution in [-0.4, -0.2) is 53.4 Å². The van der Waals surface area contributed by atoms with E-state index in [4.69, 9.17) is 16.3 Å². The maximum absolute atomic E-state index is 12.6. The Balaban J connectivity index is 1.72. The Labute approximate surface area is 154 Å². The predicted octanol–water partition coefficient (Wildman–Crippen LogP) is 2.02. The Morgan fingerprint density at radius 1 is 1.48 bits per heavy atom. The number of nitrogens with zero attached hydrogens (tertiary/aromatic N) is 1. The molecule has 2 aliphatic heterocycles. The maximum atomic E-state index is 12.6. The lowest BCUT2D eigenvalue weighted by molar-refractivity contribution is -0.133. The number of benzene rings is 1. The molecule has 0 saturated carbocycles. The summed E-state index contributed by atoms with van der Waals surface area (Å²) in [6, 6.07) is 2.76. The highest BCUT2D eigenvalue weighted by atomic mass is 35.5. The van der Waals surface area contributed by atoms with Crippen molar-refractivity contribution in [1.29, 1.82) is 0 Å². The van der Waals surface area contributed by atoms with Crippen LogP contribution in [0.15, 0.2) is 12.1 Å². The fourth-order valence-electron chi connectivity index (χ4n) is 2.92. The third-order valence-electron chi connectivity index (χ3n) is 4.32. The molecule has 0 aliphatic carbocycles. The first kappa shape index (κ1) is 17.9. The number of hydrogen-bond donors (Lipinski definition) is 2. The van der Waals surface area contributed by atoms with Crippen molar-refractivity contribution in [2.75, 3.05) is 30.5 Å². The Morgan fingerprint density at radius 3 is 2.88 bits per heavy atom. The molecule has 2 N–H and O–H groups in total. The largest absolute Gasteiger partial charge is 0.495 e. The molecule has 0 radical (unpaired) electrons. The first-order chi connectivity index (χ1) is 11.9. The van der Waals surface area contributed by atoms with Crippen LogP contribution in [0.1, 0.15) is 12.0 Å². The van der Waals surface area contributed by atoms with Crippen LogP contribution in [0, 0.1) is 6.92 Å². The van der Waals surface area contributed by atoms with Crippen LogP contribution in [-0.2, 0) is 9.59 Å². The van der Waals surface area contributed by atoms with Crippen molar-refractivity contribution in [2.45, 2.75) is 18.9 Å². The summed E-state index contributed by atoms with van der Waals surface area (Å²) in [6.45, 7) is 1.46. The standard InChI is InChI=1S/C16H18ClN3O4S/c1-9-5-11(12(24-2)6-10(9)17)18-13(21)7-20-14(22)16(19-15(20)23)3-4-25-8-16/h5-6H,3-4,7-8H2,1-2H3,(H,18,21)(H,19,23)/t16-/m1/s1. The number of anilines is 1. The third-order valence-corrected chi connectivity index (χ3v) is 5.92. The summed E-state index contributed by atoms with van der Waals surface area (Å²) >= 11 is 7.66. The molecular formula is C16H18ClN3O4S. The summed E-state index contributed by atoms with van der Waals surface area (Å²) in [5.74, 6) is 0.945. The van der Waals surface area contributed by atoms with E-state index in [2.05, 4.69) is 10.6 Å². The summed E-state index contributed by atoms with van der Waals surface area (Å²) in [6.07, 6.45) is 0.588. The van der Waals surface area contributed by atoms with Gasteiger partial charge in [-0.1, -0.05) is 11.6 Å². The van der Waals surface area contributed by atoms with Gasteiger partial charge in [0.25, 0.3) is 5.91 Å². The number of imide groups is 1. The number of thioether (sulfide) groups is 1. The van der Waals surface area contributed by atoms with Crippen LogP contribution < -0.4 is 15.4 Å². The fourth-order valence-corrected chi connectivity index (χ4v) is 4.39. The second-order valence-corrected chi connectivity index (χ2v) is 7.57. The molecule has 25 heavy (non-hydrogen) atoms. The zero-order valence-corrected chi connectivity index (χ0v) is 15.4. The van der Waals surface area contributed by atoms with Crippen LogP contribution in [0.3, 0.4) is 0 Å². The molecule has 2 aliphatic rings. The van der Waals surface area contributed by atoms with Crippen LogP contribution in [0.2, 0.25) is 5.02 Å². The number of urea groups is 1. The minimum atomic E-state index is -0.851. The van der Waals surface area contributed by atoms with Crippen molar-refractivity contribution in [3.8, 4) is 5.75 Å². The first-order valence-electron chi connectivity index (χ1n) is 7.72. The van der Waals surface area contributed by atoms with E-state index in [1.807, 2.05) is 0 Å².